The highest BCUT2D eigenvalue weighted by Crippen LogP contribution is 2.31. The van der Waals surface area contributed by atoms with Crippen LogP contribution in [0.1, 0.15) is 5.82 Å². The van der Waals surface area contributed by atoms with Crippen molar-refractivity contribution in [1.29, 1.82) is 0 Å². The third-order valence-corrected chi connectivity index (χ3v) is 4.50. The summed E-state index contributed by atoms with van der Waals surface area (Å²) in [4.78, 5) is 5.36. The van der Waals surface area contributed by atoms with Gasteiger partial charge in [0.15, 0.2) is 11.6 Å². The van der Waals surface area contributed by atoms with E-state index in [9.17, 15) is 0 Å². The molecule has 5 nitrogen and oxygen atoms in total. The number of benzene rings is 1. The van der Waals surface area contributed by atoms with Gasteiger partial charge in [-0.25, -0.2) is 0 Å². The molecule has 2 aromatic heterocycles. The molecule has 0 radical (unpaired) electrons. The third-order valence-electron chi connectivity index (χ3n) is 2.51. The fourth-order valence-corrected chi connectivity index (χ4v) is 3.09. The first-order valence-corrected chi connectivity index (χ1v) is 7.54. The summed E-state index contributed by atoms with van der Waals surface area (Å²) in [6, 6.07) is 9.24. The van der Waals surface area contributed by atoms with Crippen molar-refractivity contribution in [1.82, 2.24) is 10.1 Å². The highest BCUT2D eigenvalue weighted by atomic mass is 79.9. The van der Waals surface area contributed by atoms with Crippen molar-refractivity contribution in [2.24, 2.45) is 0 Å². The van der Waals surface area contributed by atoms with Gasteiger partial charge in [0.25, 0.3) is 5.89 Å². The van der Waals surface area contributed by atoms with Crippen molar-refractivity contribution >= 4 is 33.4 Å². The molecule has 0 bridgehead atoms. The Morgan fingerprint density at radius 1 is 1.30 bits per heavy atom. The van der Waals surface area contributed by atoms with Gasteiger partial charge in [-0.1, -0.05) is 5.16 Å². The number of nitrogens with two attached hydrogens (primary N) is 1. The first kappa shape index (κ1) is 13.3. The molecule has 0 aliphatic heterocycles. The molecule has 0 fully saturated rings. The zero-order chi connectivity index (χ0) is 13.9. The molecule has 3 aromatic rings. The van der Waals surface area contributed by atoms with Gasteiger partial charge in [-0.2, -0.15) is 4.98 Å². The second-order valence-electron chi connectivity index (χ2n) is 3.97. The van der Waals surface area contributed by atoms with Gasteiger partial charge in [0.2, 0.25) is 0 Å². The Bertz CT molecular complexity index is 712. The van der Waals surface area contributed by atoms with Gasteiger partial charge >= 0.3 is 0 Å². The van der Waals surface area contributed by atoms with Crippen LogP contribution in [0.25, 0.3) is 11.7 Å². The van der Waals surface area contributed by atoms with Crippen molar-refractivity contribution in [3.05, 3.63) is 46.9 Å². The smallest absolute Gasteiger partial charge is 0.293 e. The Labute approximate surface area is 127 Å². The molecule has 0 saturated heterocycles. The van der Waals surface area contributed by atoms with Crippen LogP contribution in [0.4, 0.5) is 5.69 Å². The number of aromatic nitrogens is 2. The van der Waals surface area contributed by atoms with Gasteiger partial charge in [-0.3, -0.25) is 0 Å². The summed E-state index contributed by atoms with van der Waals surface area (Å²) in [5, 5.41) is 3.93. The van der Waals surface area contributed by atoms with Crippen LogP contribution in [0.15, 0.2) is 54.9 Å². The summed E-state index contributed by atoms with van der Waals surface area (Å²) in [5.74, 6) is 2.18. The third kappa shape index (κ3) is 2.88. The lowest BCUT2D eigenvalue weighted by Gasteiger charge is -2.02. The quantitative estimate of drug-likeness (QED) is 0.566. The van der Waals surface area contributed by atoms with Crippen molar-refractivity contribution in [3.8, 4) is 11.7 Å². The largest absolute Gasteiger partial charge is 0.459 e. The molecule has 7 heteroatoms. The van der Waals surface area contributed by atoms with Crippen molar-refractivity contribution in [2.75, 3.05) is 5.73 Å². The number of hydrogen-bond acceptors (Lipinski definition) is 6. The summed E-state index contributed by atoms with van der Waals surface area (Å²) >= 11 is 5.08. The van der Waals surface area contributed by atoms with Gasteiger partial charge in [-0.15, -0.1) is 11.8 Å². The lowest BCUT2D eigenvalue weighted by molar-refractivity contribution is 0.411. The van der Waals surface area contributed by atoms with E-state index in [1.54, 1.807) is 30.2 Å². The normalized spacial score (nSPS) is 10.8. The number of thioether (sulfide) groups is 1. The van der Waals surface area contributed by atoms with Crippen molar-refractivity contribution < 1.29 is 8.94 Å². The number of furan rings is 1. The predicted molar refractivity (Wildman–Crippen MR) is 80.1 cm³/mol. The Morgan fingerprint density at radius 2 is 2.20 bits per heavy atom. The molecule has 3 rings (SSSR count). The maximum atomic E-state index is 5.70. The first-order chi connectivity index (χ1) is 9.72. The van der Waals surface area contributed by atoms with Crippen molar-refractivity contribution in [3.63, 3.8) is 0 Å². The minimum Gasteiger partial charge on any atom is -0.459 e. The molecule has 0 spiro atoms. The molecule has 0 atom stereocenters. The lowest BCUT2D eigenvalue weighted by atomic mass is 10.3. The zero-order valence-electron chi connectivity index (χ0n) is 10.2. The Kier molecular flexibility index (Phi) is 3.79. The average molecular weight is 352 g/mol. The molecule has 102 valence electrons. The minimum atomic E-state index is 0.391. The molecule has 0 aliphatic carbocycles. The van der Waals surface area contributed by atoms with Crippen molar-refractivity contribution in [2.45, 2.75) is 10.6 Å². The van der Waals surface area contributed by atoms with Gasteiger partial charge in [0.1, 0.15) is 0 Å². The fraction of sp³-hybridized carbons (Fsp3) is 0.0769. The van der Waals surface area contributed by atoms with Crippen LogP contribution in [-0.4, -0.2) is 10.1 Å². The number of anilines is 1. The zero-order valence-corrected chi connectivity index (χ0v) is 12.6. The van der Waals surface area contributed by atoms with E-state index in [1.165, 1.54) is 0 Å². The van der Waals surface area contributed by atoms with Gasteiger partial charge in [-0.05, 0) is 46.3 Å². The van der Waals surface area contributed by atoms with E-state index < -0.39 is 0 Å². The van der Waals surface area contributed by atoms with Crippen LogP contribution in [0, 0.1) is 0 Å². The van der Waals surface area contributed by atoms with Gasteiger partial charge in [0, 0.05) is 15.1 Å². The number of halogens is 1. The summed E-state index contributed by atoms with van der Waals surface area (Å²) < 4.78 is 11.3. The molecular weight excluding hydrogens is 342 g/mol. The van der Waals surface area contributed by atoms with E-state index in [0.29, 0.717) is 23.2 Å². The number of nitrogens with zero attached hydrogens (tertiary/aromatic N) is 2. The van der Waals surface area contributed by atoms with Crippen LogP contribution in [0.2, 0.25) is 0 Å². The average Bonchev–Trinajstić information content (AvgIpc) is 3.08. The number of rotatable bonds is 4. The van der Waals surface area contributed by atoms with Crippen LogP contribution < -0.4 is 5.73 Å². The van der Waals surface area contributed by atoms with Crippen LogP contribution in [-0.2, 0) is 5.75 Å². The van der Waals surface area contributed by atoms with Crippen LogP contribution in [0.5, 0.6) is 0 Å². The summed E-state index contributed by atoms with van der Waals surface area (Å²) in [5.41, 5.74) is 6.43. The molecule has 0 aliphatic rings. The van der Waals surface area contributed by atoms with Gasteiger partial charge in [0.05, 0.1) is 12.0 Å². The highest BCUT2D eigenvalue weighted by molar-refractivity contribution is 9.10. The number of hydrogen-bond donors (Lipinski definition) is 1. The second-order valence-corrected chi connectivity index (χ2v) is 5.84. The molecule has 0 amide bonds. The molecule has 0 unspecified atom stereocenters. The molecule has 0 saturated carbocycles. The standard InChI is InChI=1S/C13H10BrN3O2S/c14-9-6-8(15)3-4-11(9)20-7-12-16-13(19-17-12)10-2-1-5-18-10/h1-6H,7,15H2. The van der Waals surface area contributed by atoms with E-state index in [1.807, 2.05) is 18.2 Å². The maximum absolute atomic E-state index is 5.70. The topological polar surface area (TPSA) is 78.1 Å². The SMILES string of the molecule is Nc1ccc(SCc2noc(-c3ccco3)n2)c(Br)c1. The molecule has 1 aromatic carbocycles. The van der Waals surface area contributed by atoms with E-state index in [2.05, 4.69) is 26.1 Å². The minimum absolute atomic E-state index is 0.391. The Balaban J connectivity index is 1.70. The van der Waals surface area contributed by atoms with E-state index in [-0.39, 0.29) is 0 Å². The summed E-state index contributed by atoms with van der Waals surface area (Å²) in [7, 11) is 0. The van der Waals surface area contributed by atoms with E-state index >= 15 is 0 Å². The Morgan fingerprint density at radius 3 is 2.95 bits per heavy atom. The summed E-state index contributed by atoms with van der Waals surface area (Å²) in [6.45, 7) is 0. The monoisotopic (exact) mass is 351 g/mol. The molecule has 2 N–H and O–H groups in total. The lowest BCUT2D eigenvalue weighted by Crippen LogP contribution is -1.87. The van der Waals surface area contributed by atoms with E-state index in [4.69, 9.17) is 14.7 Å². The van der Waals surface area contributed by atoms with E-state index in [0.717, 1.165) is 15.1 Å². The molecular formula is C13H10BrN3O2S. The fourth-order valence-electron chi connectivity index (χ4n) is 1.59. The predicted octanol–water partition coefficient (Wildman–Crippen LogP) is 3.97. The highest BCUT2D eigenvalue weighted by Gasteiger charge is 2.11. The molecule has 2 heterocycles. The number of nitrogen functional groups attached to an aromatic ring is 1. The van der Waals surface area contributed by atoms with Crippen LogP contribution in [0.3, 0.4) is 0 Å². The molecule has 20 heavy (non-hydrogen) atoms. The van der Waals surface area contributed by atoms with Gasteiger partial charge < -0.3 is 14.7 Å². The first-order valence-electron chi connectivity index (χ1n) is 5.76. The van der Waals surface area contributed by atoms with Crippen LogP contribution >= 0.6 is 27.7 Å². The Hall–Kier alpha value is -1.73. The maximum Gasteiger partial charge on any atom is 0.293 e. The second kappa shape index (κ2) is 5.72. The summed E-state index contributed by atoms with van der Waals surface area (Å²) in [6.07, 6.45) is 1.57.